The van der Waals surface area contributed by atoms with Gasteiger partial charge >= 0.3 is 0 Å². The number of quaternary nitrogens is 1. The number of hydroxylamine groups is 2. The van der Waals surface area contributed by atoms with Gasteiger partial charge in [-0.1, -0.05) is 0 Å². The van der Waals surface area contributed by atoms with E-state index in [-0.39, 0.29) is 0 Å². The highest BCUT2D eigenvalue weighted by molar-refractivity contribution is 4.38. The summed E-state index contributed by atoms with van der Waals surface area (Å²) >= 11 is 0. The van der Waals surface area contributed by atoms with Gasteiger partial charge in [0.05, 0.1) is 0 Å². The van der Waals surface area contributed by atoms with Crippen molar-refractivity contribution < 1.29 is 10.3 Å². The van der Waals surface area contributed by atoms with E-state index in [1.165, 1.54) is 12.8 Å². The van der Waals surface area contributed by atoms with Gasteiger partial charge in [-0.05, 0) is 0 Å². The van der Waals surface area contributed by atoms with Crippen molar-refractivity contribution in [2.75, 3.05) is 13.1 Å². The molecule has 1 aliphatic rings. The van der Waals surface area contributed by atoms with Gasteiger partial charge in [0.25, 0.3) is 0 Å². The number of nitrogens with one attached hydrogen (secondary N) is 1. The molecule has 1 saturated heterocycles. The number of rotatable bonds is 0. The van der Waals surface area contributed by atoms with E-state index < -0.39 is 0 Å². The molecule has 0 saturated carbocycles. The van der Waals surface area contributed by atoms with Gasteiger partial charge in [-0.25, -0.2) is 5.21 Å². The van der Waals surface area contributed by atoms with Gasteiger partial charge < -0.3 is 0 Å². The summed E-state index contributed by atoms with van der Waals surface area (Å²) in [4.78, 5) is 0. The van der Waals surface area contributed by atoms with Crippen LogP contribution < -0.4 is 5.06 Å². The van der Waals surface area contributed by atoms with E-state index in [9.17, 15) is 0 Å². The zero-order chi connectivity index (χ0) is 4.41. The Bertz CT molecular complexity index is 40.8. The van der Waals surface area contributed by atoms with Crippen LogP contribution in [0.3, 0.4) is 0 Å². The highest BCUT2D eigenvalue weighted by atomic mass is 16.5. The first-order valence-electron chi connectivity index (χ1n) is 2.43. The predicted molar refractivity (Wildman–Crippen MR) is 21.7 cm³/mol. The Balaban J connectivity index is 2.18. The summed E-state index contributed by atoms with van der Waals surface area (Å²) < 4.78 is 0. The highest BCUT2D eigenvalue weighted by Gasteiger charge is 2.10. The summed E-state index contributed by atoms with van der Waals surface area (Å²) in [6.45, 7) is 1.92. The molecule has 1 aliphatic heterocycles. The Morgan fingerprint density at radius 1 is 1.17 bits per heavy atom. The first-order valence-corrected chi connectivity index (χ1v) is 2.43. The second-order valence-corrected chi connectivity index (χ2v) is 1.77. The molecule has 0 atom stereocenters. The predicted octanol–water partition coefficient (Wildman–Crippen LogP) is -0.946. The lowest BCUT2D eigenvalue weighted by Gasteiger charge is -1.94. The minimum Gasteiger partial charge on any atom is -0.219 e. The smallest absolute Gasteiger partial charge is 0.107 e. The van der Waals surface area contributed by atoms with E-state index in [0.717, 1.165) is 13.1 Å². The summed E-state index contributed by atoms with van der Waals surface area (Å²) in [5, 5.41) is 9.35. The van der Waals surface area contributed by atoms with Crippen LogP contribution in [0, 0.1) is 0 Å². The molecule has 0 aromatic rings. The molecule has 36 valence electrons. The van der Waals surface area contributed by atoms with Crippen LogP contribution in [-0.2, 0) is 0 Å². The molecule has 0 unspecified atom stereocenters. The van der Waals surface area contributed by atoms with E-state index in [1.54, 1.807) is 0 Å². The molecule has 0 aliphatic carbocycles. The van der Waals surface area contributed by atoms with E-state index in [4.69, 9.17) is 5.21 Å². The summed E-state index contributed by atoms with van der Waals surface area (Å²) in [6, 6.07) is 0. The van der Waals surface area contributed by atoms with Crippen LogP contribution in [0.1, 0.15) is 12.8 Å². The van der Waals surface area contributed by atoms with E-state index >= 15 is 0 Å². The van der Waals surface area contributed by atoms with Crippen molar-refractivity contribution in [1.82, 2.24) is 0 Å². The third-order valence-electron chi connectivity index (χ3n) is 1.18. The van der Waals surface area contributed by atoms with Crippen LogP contribution in [0.25, 0.3) is 0 Å². The van der Waals surface area contributed by atoms with Crippen molar-refractivity contribution in [3.63, 3.8) is 0 Å². The summed E-state index contributed by atoms with van der Waals surface area (Å²) in [6.07, 6.45) is 2.40. The topological polar surface area (TPSA) is 24.7 Å². The van der Waals surface area contributed by atoms with Gasteiger partial charge in [0.15, 0.2) is 0 Å². The molecular formula is C4H10NO+. The Morgan fingerprint density at radius 3 is 1.83 bits per heavy atom. The van der Waals surface area contributed by atoms with Gasteiger partial charge in [-0.3, -0.25) is 0 Å². The van der Waals surface area contributed by atoms with Crippen molar-refractivity contribution >= 4 is 0 Å². The monoisotopic (exact) mass is 88.1 g/mol. The summed E-state index contributed by atoms with van der Waals surface area (Å²) in [5.74, 6) is 0. The molecule has 0 aromatic heterocycles. The molecule has 2 nitrogen and oxygen atoms in total. The maximum Gasteiger partial charge on any atom is 0.107 e. The second-order valence-electron chi connectivity index (χ2n) is 1.77. The van der Waals surface area contributed by atoms with E-state index in [1.807, 2.05) is 0 Å². The van der Waals surface area contributed by atoms with Crippen molar-refractivity contribution in [2.45, 2.75) is 12.8 Å². The Kier molecular flexibility index (Phi) is 1.08. The first kappa shape index (κ1) is 4.09. The molecule has 0 amide bonds. The fraction of sp³-hybridized carbons (Fsp3) is 1.00. The average Bonchev–Trinajstić information content (AvgIpc) is 1.86. The third-order valence-corrected chi connectivity index (χ3v) is 1.18. The van der Waals surface area contributed by atoms with E-state index in [0.29, 0.717) is 5.06 Å². The van der Waals surface area contributed by atoms with E-state index in [2.05, 4.69) is 0 Å². The summed E-state index contributed by atoms with van der Waals surface area (Å²) in [5.41, 5.74) is 0. The van der Waals surface area contributed by atoms with Crippen LogP contribution >= 0.6 is 0 Å². The van der Waals surface area contributed by atoms with Gasteiger partial charge in [-0.15, -0.1) is 0 Å². The van der Waals surface area contributed by atoms with Crippen LogP contribution in [0.4, 0.5) is 0 Å². The van der Waals surface area contributed by atoms with Crippen LogP contribution in [0.5, 0.6) is 0 Å². The lowest BCUT2D eigenvalue weighted by Crippen LogP contribution is -3.07. The molecule has 0 bridgehead atoms. The zero-order valence-corrected chi connectivity index (χ0v) is 3.78. The fourth-order valence-corrected chi connectivity index (χ4v) is 0.783. The molecule has 1 rings (SSSR count). The molecule has 0 aromatic carbocycles. The molecule has 1 heterocycles. The molecule has 0 radical (unpaired) electrons. The van der Waals surface area contributed by atoms with Crippen molar-refractivity contribution in [3.05, 3.63) is 0 Å². The van der Waals surface area contributed by atoms with Crippen molar-refractivity contribution in [1.29, 1.82) is 0 Å². The SMILES string of the molecule is O[NH+]1CCCC1. The summed E-state index contributed by atoms with van der Waals surface area (Å²) in [7, 11) is 0. The van der Waals surface area contributed by atoms with Crippen molar-refractivity contribution in [3.8, 4) is 0 Å². The van der Waals surface area contributed by atoms with Crippen LogP contribution in [-0.4, -0.2) is 18.3 Å². The molecule has 0 spiro atoms. The Morgan fingerprint density at radius 2 is 1.67 bits per heavy atom. The quantitative estimate of drug-likeness (QED) is 0.392. The zero-order valence-electron chi connectivity index (χ0n) is 3.78. The van der Waals surface area contributed by atoms with Gasteiger partial charge in [0.1, 0.15) is 13.1 Å². The minimum absolute atomic E-state index is 0.704. The standard InChI is InChI=1S/C4H9NO/c6-5-3-1-2-4-5/h6H,1-4H2/p+1. The van der Waals surface area contributed by atoms with Crippen LogP contribution in [0.2, 0.25) is 0 Å². The number of hydrogen-bond acceptors (Lipinski definition) is 1. The Hall–Kier alpha value is -0.0800. The molecule has 1 fully saturated rings. The average molecular weight is 88.1 g/mol. The van der Waals surface area contributed by atoms with Gasteiger partial charge in [-0.2, -0.15) is 5.06 Å². The maximum atomic E-state index is 8.65. The molecule has 6 heavy (non-hydrogen) atoms. The van der Waals surface area contributed by atoms with Crippen molar-refractivity contribution in [2.24, 2.45) is 0 Å². The molecule has 2 N–H and O–H groups in total. The van der Waals surface area contributed by atoms with Crippen LogP contribution in [0.15, 0.2) is 0 Å². The highest BCUT2D eigenvalue weighted by Crippen LogP contribution is 1.84. The normalized spacial score (nSPS) is 25.5. The lowest BCUT2D eigenvalue weighted by molar-refractivity contribution is -1.08. The minimum atomic E-state index is 0.704. The maximum absolute atomic E-state index is 8.65. The molecular weight excluding hydrogens is 78.0 g/mol. The third kappa shape index (κ3) is 0.698. The first-order chi connectivity index (χ1) is 2.89. The van der Waals surface area contributed by atoms with Gasteiger partial charge in [0.2, 0.25) is 0 Å². The fourth-order valence-electron chi connectivity index (χ4n) is 0.783. The lowest BCUT2D eigenvalue weighted by atomic mass is 10.4. The second kappa shape index (κ2) is 1.58. The van der Waals surface area contributed by atoms with Gasteiger partial charge in [0, 0.05) is 12.8 Å². The number of hydrogen-bond donors (Lipinski definition) is 2. The largest absolute Gasteiger partial charge is 0.219 e. The molecule has 2 heteroatoms. The Labute approximate surface area is 37.3 Å².